The minimum Gasteiger partial charge on any atom is -0.494 e. The van der Waals surface area contributed by atoms with Crippen LogP contribution in [0, 0.1) is 12.7 Å². The van der Waals surface area contributed by atoms with Crippen LogP contribution in [0.1, 0.15) is 11.5 Å². The molecular weight excluding hydrogens is 285 g/mol. The lowest BCUT2D eigenvalue weighted by Crippen LogP contribution is -2.02. The second-order valence-corrected chi connectivity index (χ2v) is 4.81. The van der Waals surface area contributed by atoms with Crippen LogP contribution in [0.4, 0.5) is 10.2 Å². The Bertz CT molecular complexity index is 780. The van der Waals surface area contributed by atoms with Gasteiger partial charge in [-0.15, -0.1) is 0 Å². The number of aromatic nitrogens is 4. The minimum absolute atomic E-state index is 0.190. The number of methoxy groups -OCH3 is 1. The molecule has 0 aliphatic rings. The van der Waals surface area contributed by atoms with Gasteiger partial charge in [0.05, 0.1) is 31.2 Å². The predicted octanol–water partition coefficient (Wildman–Crippen LogP) is 2.66. The van der Waals surface area contributed by atoms with Gasteiger partial charge in [-0.1, -0.05) is 0 Å². The summed E-state index contributed by atoms with van der Waals surface area (Å²) in [6, 6.07) is 6.45. The Labute approximate surface area is 127 Å². The van der Waals surface area contributed by atoms with E-state index in [0.29, 0.717) is 6.54 Å². The molecule has 0 fully saturated rings. The summed E-state index contributed by atoms with van der Waals surface area (Å²) in [7, 11) is 1.44. The third-order valence-corrected chi connectivity index (χ3v) is 3.20. The number of hydrogen-bond donors (Lipinski definition) is 2. The van der Waals surface area contributed by atoms with Gasteiger partial charge in [-0.3, -0.25) is 0 Å². The Hall–Kier alpha value is -2.83. The van der Waals surface area contributed by atoms with Gasteiger partial charge in [-0.25, -0.2) is 14.1 Å². The molecule has 0 unspecified atom stereocenters. The van der Waals surface area contributed by atoms with Crippen molar-refractivity contribution in [3.63, 3.8) is 0 Å². The fraction of sp³-hybridized carbons (Fsp3) is 0.200. The Kier molecular flexibility index (Phi) is 3.78. The number of imidazole rings is 1. The highest BCUT2D eigenvalue weighted by molar-refractivity contribution is 5.42. The molecule has 7 heteroatoms. The maximum absolute atomic E-state index is 13.4. The van der Waals surface area contributed by atoms with Crippen LogP contribution in [0.2, 0.25) is 0 Å². The van der Waals surface area contributed by atoms with Gasteiger partial charge in [0.1, 0.15) is 11.6 Å². The summed E-state index contributed by atoms with van der Waals surface area (Å²) in [5, 5.41) is 7.60. The molecule has 0 aliphatic carbocycles. The Morgan fingerprint density at radius 1 is 1.36 bits per heavy atom. The Balaban J connectivity index is 1.73. The number of rotatable bonds is 5. The lowest BCUT2D eigenvalue weighted by molar-refractivity contribution is 0.386. The van der Waals surface area contributed by atoms with E-state index < -0.39 is 5.82 Å². The lowest BCUT2D eigenvalue weighted by Gasteiger charge is -2.06. The van der Waals surface area contributed by atoms with Gasteiger partial charge in [-0.2, -0.15) is 5.10 Å². The van der Waals surface area contributed by atoms with Crippen molar-refractivity contribution in [3.8, 4) is 11.4 Å². The van der Waals surface area contributed by atoms with Crippen LogP contribution < -0.4 is 10.1 Å². The first-order chi connectivity index (χ1) is 10.7. The molecule has 0 spiro atoms. The van der Waals surface area contributed by atoms with E-state index in [1.54, 1.807) is 29.2 Å². The number of benzene rings is 1. The van der Waals surface area contributed by atoms with Crippen molar-refractivity contribution in [2.24, 2.45) is 0 Å². The smallest absolute Gasteiger partial charge is 0.165 e. The number of anilines is 1. The van der Waals surface area contributed by atoms with E-state index in [9.17, 15) is 4.39 Å². The van der Waals surface area contributed by atoms with Crippen molar-refractivity contribution < 1.29 is 9.13 Å². The quantitative estimate of drug-likeness (QED) is 0.760. The molecule has 114 valence electrons. The summed E-state index contributed by atoms with van der Waals surface area (Å²) in [5.41, 5.74) is 1.71. The highest BCUT2D eigenvalue weighted by Gasteiger charge is 2.07. The molecule has 2 N–H and O–H groups in total. The Morgan fingerprint density at radius 3 is 2.95 bits per heavy atom. The normalized spacial score (nSPS) is 10.7. The molecule has 0 radical (unpaired) electrons. The van der Waals surface area contributed by atoms with Crippen molar-refractivity contribution in [1.29, 1.82) is 0 Å². The second kappa shape index (κ2) is 5.88. The molecule has 0 amide bonds. The first-order valence-electron chi connectivity index (χ1n) is 6.79. The van der Waals surface area contributed by atoms with Crippen LogP contribution in [0.3, 0.4) is 0 Å². The molecule has 0 saturated heterocycles. The molecule has 2 heterocycles. The molecule has 3 aromatic rings. The Morgan fingerprint density at radius 2 is 2.23 bits per heavy atom. The summed E-state index contributed by atoms with van der Waals surface area (Å²) in [6.07, 6.45) is 3.58. The second-order valence-electron chi connectivity index (χ2n) is 4.81. The van der Waals surface area contributed by atoms with E-state index in [2.05, 4.69) is 20.4 Å². The maximum atomic E-state index is 13.4. The van der Waals surface area contributed by atoms with Gasteiger partial charge in [0.2, 0.25) is 0 Å². The van der Waals surface area contributed by atoms with E-state index in [1.807, 2.05) is 13.0 Å². The molecule has 2 aromatic heterocycles. The molecule has 3 rings (SSSR count). The van der Waals surface area contributed by atoms with Gasteiger partial charge in [-0.05, 0) is 19.1 Å². The summed E-state index contributed by atoms with van der Waals surface area (Å²) < 4.78 is 20.1. The van der Waals surface area contributed by atoms with Crippen molar-refractivity contribution in [2.75, 3.05) is 12.4 Å². The summed E-state index contributed by atoms with van der Waals surface area (Å²) in [4.78, 5) is 7.28. The number of aromatic amines is 1. The number of nitrogens with one attached hydrogen (secondary N) is 2. The van der Waals surface area contributed by atoms with Gasteiger partial charge in [0, 0.05) is 18.3 Å². The van der Waals surface area contributed by atoms with Gasteiger partial charge in [0.15, 0.2) is 11.6 Å². The fourth-order valence-corrected chi connectivity index (χ4v) is 2.10. The first-order valence-corrected chi connectivity index (χ1v) is 6.79. The standard InChI is InChI=1S/C15H16FN5O/c1-10-17-8-11(19-10)9-18-15-5-6-21(20-15)12-3-4-13(16)14(7-12)22-2/h3-8H,9H2,1-2H3,(H,17,19)(H,18,20). The van der Waals surface area contributed by atoms with Gasteiger partial charge in [0.25, 0.3) is 0 Å². The summed E-state index contributed by atoms with van der Waals surface area (Å²) in [5.74, 6) is 1.39. The van der Waals surface area contributed by atoms with E-state index >= 15 is 0 Å². The minimum atomic E-state index is -0.397. The molecular formula is C15H16FN5O. The van der Waals surface area contributed by atoms with Crippen LogP contribution in [0.5, 0.6) is 5.75 Å². The third kappa shape index (κ3) is 2.93. The van der Waals surface area contributed by atoms with Gasteiger partial charge >= 0.3 is 0 Å². The predicted molar refractivity (Wildman–Crippen MR) is 80.7 cm³/mol. The first kappa shape index (κ1) is 14.1. The number of hydrogen-bond acceptors (Lipinski definition) is 4. The zero-order chi connectivity index (χ0) is 15.5. The van der Waals surface area contributed by atoms with Crippen molar-refractivity contribution in [2.45, 2.75) is 13.5 Å². The number of halogens is 1. The molecule has 0 saturated carbocycles. The SMILES string of the molecule is COc1cc(-n2ccc(NCc3cnc(C)[nH]3)n2)ccc1F. The van der Waals surface area contributed by atoms with E-state index in [4.69, 9.17) is 4.74 Å². The molecule has 0 bridgehead atoms. The largest absolute Gasteiger partial charge is 0.494 e. The van der Waals surface area contributed by atoms with Crippen LogP contribution in [0.25, 0.3) is 5.69 Å². The average molecular weight is 301 g/mol. The average Bonchev–Trinajstić information content (AvgIpc) is 3.14. The van der Waals surface area contributed by atoms with Crippen LogP contribution in [-0.2, 0) is 6.54 Å². The molecule has 22 heavy (non-hydrogen) atoms. The van der Waals surface area contributed by atoms with E-state index in [-0.39, 0.29) is 5.75 Å². The number of aryl methyl sites for hydroxylation is 1. The zero-order valence-electron chi connectivity index (χ0n) is 12.3. The van der Waals surface area contributed by atoms with Crippen molar-refractivity contribution in [3.05, 3.63) is 54.0 Å². The summed E-state index contributed by atoms with van der Waals surface area (Å²) >= 11 is 0. The highest BCUT2D eigenvalue weighted by atomic mass is 19.1. The number of nitrogens with zero attached hydrogens (tertiary/aromatic N) is 3. The van der Waals surface area contributed by atoms with Crippen LogP contribution in [-0.4, -0.2) is 26.9 Å². The van der Waals surface area contributed by atoms with Crippen LogP contribution in [0.15, 0.2) is 36.7 Å². The number of ether oxygens (including phenoxy) is 1. The van der Waals surface area contributed by atoms with Crippen molar-refractivity contribution >= 4 is 5.82 Å². The van der Waals surface area contributed by atoms with E-state index in [0.717, 1.165) is 23.0 Å². The molecule has 1 aromatic carbocycles. The zero-order valence-corrected chi connectivity index (χ0v) is 12.3. The molecule has 0 atom stereocenters. The molecule has 6 nitrogen and oxygen atoms in total. The van der Waals surface area contributed by atoms with Crippen LogP contribution >= 0.6 is 0 Å². The van der Waals surface area contributed by atoms with E-state index in [1.165, 1.54) is 13.2 Å². The monoisotopic (exact) mass is 301 g/mol. The number of H-pyrrole nitrogens is 1. The van der Waals surface area contributed by atoms with Gasteiger partial charge < -0.3 is 15.0 Å². The van der Waals surface area contributed by atoms with Crippen molar-refractivity contribution in [1.82, 2.24) is 19.7 Å². The maximum Gasteiger partial charge on any atom is 0.165 e. The third-order valence-electron chi connectivity index (χ3n) is 3.20. The molecule has 0 aliphatic heterocycles. The fourth-order valence-electron chi connectivity index (χ4n) is 2.10. The topological polar surface area (TPSA) is 67.8 Å². The lowest BCUT2D eigenvalue weighted by atomic mass is 10.3. The highest BCUT2D eigenvalue weighted by Crippen LogP contribution is 2.21. The summed E-state index contributed by atoms with van der Waals surface area (Å²) in [6.45, 7) is 2.50.